The Balaban J connectivity index is 2.62. The molecular weight excluding hydrogens is 258 g/mol. The summed E-state index contributed by atoms with van der Waals surface area (Å²) in [4.78, 5) is 7.10. The van der Waals surface area contributed by atoms with E-state index in [9.17, 15) is 0 Å². The molecule has 1 heterocycles. The van der Waals surface area contributed by atoms with Crippen molar-refractivity contribution in [2.24, 2.45) is 4.99 Å². The van der Waals surface area contributed by atoms with E-state index >= 15 is 0 Å². The van der Waals surface area contributed by atoms with Gasteiger partial charge in [0, 0.05) is 25.9 Å². The average molecular weight is 284 g/mol. The van der Waals surface area contributed by atoms with Gasteiger partial charge in [-0.1, -0.05) is 24.3 Å². The third-order valence-electron chi connectivity index (χ3n) is 3.38. The lowest BCUT2D eigenvalue weighted by atomic mass is 9.85. The number of rotatable bonds is 3. The lowest BCUT2D eigenvalue weighted by molar-refractivity contribution is -0.458. The zero-order chi connectivity index (χ0) is 15.6. The smallest absolute Gasteiger partial charge is 0.173 e. The highest BCUT2D eigenvalue weighted by atomic mass is 15.0. The molecule has 21 heavy (non-hydrogen) atoms. The van der Waals surface area contributed by atoms with Crippen LogP contribution in [0.2, 0.25) is 0 Å². The molecule has 0 radical (unpaired) electrons. The number of nitrogens with zero attached hydrogens (tertiary/aromatic N) is 3. The number of benzene rings is 1. The van der Waals surface area contributed by atoms with Gasteiger partial charge in [0.25, 0.3) is 0 Å². The summed E-state index contributed by atoms with van der Waals surface area (Å²) in [5, 5.41) is 0. The van der Waals surface area contributed by atoms with Gasteiger partial charge in [0.1, 0.15) is 14.1 Å². The monoisotopic (exact) mass is 284 g/mol. The average Bonchev–Trinajstić information content (AvgIpc) is 2.34. The van der Waals surface area contributed by atoms with Gasteiger partial charge in [-0.25, -0.2) is 4.58 Å². The minimum absolute atomic E-state index is 0.0603. The predicted molar refractivity (Wildman–Crippen MR) is 90.7 cm³/mol. The SMILES string of the molecule is CN(C)C=C(C=[N+](C)C)C1=NC(C)(C)Cc2ccccc21. The second-order valence-corrected chi connectivity index (χ2v) is 6.75. The Morgan fingerprint density at radius 1 is 1.24 bits per heavy atom. The molecule has 0 N–H and O–H groups in total. The summed E-state index contributed by atoms with van der Waals surface area (Å²) in [5.74, 6) is 0. The molecule has 0 bridgehead atoms. The Bertz CT molecular complexity index is 615. The van der Waals surface area contributed by atoms with Crippen LogP contribution in [0.5, 0.6) is 0 Å². The van der Waals surface area contributed by atoms with E-state index in [2.05, 4.69) is 60.0 Å². The van der Waals surface area contributed by atoms with E-state index in [4.69, 9.17) is 4.99 Å². The van der Waals surface area contributed by atoms with E-state index in [1.54, 1.807) is 0 Å². The molecule has 0 unspecified atom stereocenters. The maximum absolute atomic E-state index is 5.03. The molecule has 1 aromatic carbocycles. The van der Waals surface area contributed by atoms with Crippen molar-refractivity contribution in [1.82, 2.24) is 4.90 Å². The maximum Gasteiger partial charge on any atom is 0.173 e. The molecule has 0 saturated carbocycles. The quantitative estimate of drug-likeness (QED) is 0.616. The number of hydrogen-bond acceptors (Lipinski definition) is 2. The number of hydrogen-bond donors (Lipinski definition) is 0. The van der Waals surface area contributed by atoms with Crippen molar-refractivity contribution in [3.63, 3.8) is 0 Å². The molecule has 0 fully saturated rings. The van der Waals surface area contributed by atoms with Crippen LogP contribution in [0.1, 0.15) is 25.0 Å². The van der Waals surface area contributed by atoms with Crippen LogP contribution in [-0.2, 0) is 6.42 Å². The van der Waals surface area contributed by atoms with Gasteiger partial charge in [0.05, 0.1) is 16.8 Å². The van der Waals surface area contributed by atoms with Crippen molar-refractivity contribution in [2.75, 3.05) is 28.2 Å². The van der Waals surface area contributed by atoms with E-state index in [0.29, 0.717) is 0 Å². The van der Waals surface area contributed by atoms with Gasteiger partial charge in [0.15, 0.2) is 6.21 Å². The number of aliphatic imine (C=N–C) groups is 1. The zero-order valence-corrected chi connectivity index (χ0v) is 14.0. The van der Waals surface area contributed by atoms with E-state index in [0.717, 1.165) is 17.7 Å². The first-order valence-electron chi connectivity index (χ1n) is 7.36. The number of allylic oxidation sites excluding steroid dienone is 1. The molecular formula is C18H26N3+. The van der Waals surface area contributed by atoms with E-state index in [1.165, 1.54) is 11.1 Å². The van der Waals surface area contributed by atoms with Crippen LogP contribution in [0.25, 0.3) is 0 Å². The Morgan fingerprint density at radius 2 is 1.90 bits per heavy atom. The van der Waals surface area contributed by atoms with Crippen molar-refractivity contribution in [1.29, 1.82) is 0 Å². The molecule has 2 rings (SSSR count). The molecule has 3 heteroatoms. The van der Waals surface area contributed by atoms with Crippen LogP contribution in [0.3, 0.4) is 0 Å². The van der Waals surface area contributed by atoms with Crippen LogP contribution in [0, 0.1) is 0 Å². The first kappa shape index (κ1) is 15.5. The summed E-state index contributed by atoms with van der Waals surface area (Å²) in [7, 11) is 8.18. The number of fused-ring (bicyclic) bond motifs is 1. The summed E-state index contributed by atoms with van der Waals surface area (Å²) in [6.07, 6.45) is 5.26. The van der Waals surface area contributed by atoms with Gasteiger partial charge in [-0.05, 0) is 25.8 Å². The molecule has 0 aliphatic carbocycles. The summed E-state index contributed by atoms with van der Waals surface area (Å²) in [6.45, 7) is 4.40. The van der Waals surface area contributed by atoms with Gasteiger partial charge in [-0.3, -0.25) is 4.99 Å². The van der Waals surface area contributed by atoms with Crippen molar-refractivity contribution in [3.05, 3.63) is 47.2 Å². The third kappa shape index (κ3) is 3.81. The largest absolute Gasteiger partial charge is 0.383 e. The summed E-state index contributed by atoms with van der Waals surface area (Å²) in [5.41, 5.74) is 4.80. The fourth-order valence-corrected chi connectivity index (χ4v) is 2.71. The Morgan fingerprint density at radius 3 is 2.52 bits per heavy atom. The lowest BCUT2D eigenvalue weighted by Gasteiger charge is -2.29. The van der Waals surface area contributed by atoms with Crippen molar-refractivity contribution >= 4 is 11.9 Å². The van der Waals surface area contributed by atoms with Gasteiger partial charge in [0.2, 0.25) is 0 Å². The van der Waals surface area contributed by atoms with Crippen LogP contribution in [0.4, 0.5) is 0 Å². The van der Waals surface area contributed by atoms with Crippen LogP contribution in [-0.4, -0.2) is 55.1 Å². The van der Waals surface area contributed by atoms with Crippen molar-refractivity contribution in [3.8, 4) is 0 Å². The summed E-state index contributed by atoms with van der Waals surface area (Å²) >= 11 is 0. The third-order valence-corrected chi connectivity index (χ3v) is 3.38. The molecule has 1 aliphatic heterocycles. The minimum atomic E-state index is -0.0603. The molecule has 1 aromatic rings. The van der Waals surface area contributed by atoms with Gasteiger partial charge >= 0.3 is 0 Å². The molecule has 1 aliphatic rings. The highest BCUT2D eigenvalue weighted by Crippen LogP contribution is 2.28. The predicted octanol–water partition coefficient (Wildman–Crippen LogP) is 2.60. The van der Waals surface area contributed by atoms with Crippen LogP contribution in [0.15, 0.2) is 41.0 Å². The Kier molecular flexibility index (Phi) is 4.31. The first-order valence-corrected chi connectivity index (χ1v) is 7.36. The first-order chi connectivity index (χ1) is 9.78. The second kappa shape index (κ2) is 5.84. The molecule has 112 valence electrons. The zero-order valence-electron chi connectivity index (χ0n) is 14.0. The standard InChI is InChI=1S/C18H26N3/c1-18(2)11-14-9-7-8-10-16(14)17(19-18)15(12-20(3)4)13-21(5)6/h7-10,12-13H,11H2,1-6H3/q+1. The normalized spacial score (nSPS) is 16.9. The van der Waals surface area contributed by atoms with E-state index in [1.807, 2.05) is 28.2 Å². The van der Waals surface area contributed by atoms with E-state index < -0.39 is 0 Å². The Hall–Kier alpha value is -1.90. The van der Waals surface area contributed by atoms with Crippen molar-refractivity contribution in [2.45, 2.75) is 25.8 Å². The molecule has 0 atom stereocenters. The van der Waals surface area contributed by atoms with Crippen molar-refractivity contribution < 1.29 is 4.58 Å². The summed E-state index contributed by atoms with van der Waals surface area (Å²) in [6, 6.07) is 8.60. The fraction of sp³-hybridized carbons (Fsp3) is 0.444. The molecule has 0 saturated heterocycles. The fourth-order valence-electron chi connectivity index (χ4n) is 2.71. The van der Waals surface area contributed by atoms with Gasteiger partial charge < -0.3 is 4.90 Å². The second-order valence-electron chi connectivity index (χ2n) is 6.75. The van der Waals surface area contributed by atoms with E-state index in [-0.39, 0.29) is 5.54 Å². The topological polar surface area (TPSA) is 18.6 Å². The minimum Gasteiger partial charge on any atom is -0.383 e. The maximum atomic E-state index is 5.03. The van der Waals surface area contributed by atoms with Gasteiger partial charge in [-0.2, -0.15) is 0 Å². The van der Waals surface area contributed by atoms with Crippen LogP contribution < -0.4 is 0 Å². The summed E-state index contributed by atoms with van der Waals surface area (Å²) < 4.78 is 2.07. The van der Waals surface area contributed by atoms with Crippen LogP contribution >= 0.6 is 0 Å². The lowest BCUT2D eigenvalue weighted by Crippen LogP contribution is -2.30. The Labute approximate surface area is 128 Å². The highest BCUT2D eigenvalue weighted by Gasteiger charge is 2.28. The highest BCUT2D eigenvalue weighted by molar-refractivity contribution is 6.24. The molecule has 0 aromatic heterocycles. The molecule has 0 spiro atoms. The van der Waals surface area contributed by atoms with Gasteiger partial charge in [-0.15, -0.1) is 0 Å². The molecule has 3 nitrogen and oxygen atoms in total. The molecule has 0 amide bonds.